The van der Waals surface area contributed by atoms with Crippen molar-refractivity contribution >= 4 is 0 Å². The number of nitrogens with one attached hydrogen (secondary N) is 1. The van der Waals surface area contributed by atoms with Gasteiger partial charge < -0.3 is 5.32 Å². The Morgan fingerprint density at radius 3 is 2.50 bits per heavy atom. The average Bonchev–Trinajstić information content (AvgIpc) is 2.30. The minimum Gasteiger partial charge on any atom is -0.316 e. The maximum absolute atomic E-state index is 12.4. The number of alkyl halides is 2. The third kappa shape index (κ3) is 2.40. The van der Waals surface area contributed by atoms with Crippen molar-refractivity contribution in [2.75, 3.05) is 13.1 Å². The molecule has 0 radical (unpaired) electrons. The van der Waals surface area contributed by atoms with Crippen molar-refractivity contribution in [3.05, 3.63) is 35.4 Å². The highest BCUT2D eigenvalue weighted by Gasteiger charge is 2.22. The van der Waals surface area contributed by atoms with Crippen LogP contribution in [0.4, 0.5) is 8.78 Å². The molecule has 1 aliphatic heterocycles. The molecule has 1 saturated heterocycles. The molecule has 2 unspecified atom stereocenters. The molecular formula is C13H17F2N. The van der Waals surface area contributed by atoms with E-state index in [0.717, 1.165) is 19.5 Å². The summed E-state index contributed by atoms with van der Waals surface area (Å²) in [5.41, 5.74) is 1.31. The highest BCUT2D eigenvalue weighted by Crippen LogP contribution is 2.31. The Bertz CT molecular complexity index is 334. The van der Waals surface area contributed by atoms with Gasteiger partial charge in [0.15, 0.2) is 0 Å². The fourth-order valence-electron chi connectivity index (χ4n) is 2.40. The number of halogens is 2. The number of piperidine rings is 1. The van der Waals surface area contributed by atoms with Crippen LogP contribution in [-0.4, -0.2) is 13.1 Å². The van der Waals surface area contributed by atoms with Crippen LogP contribution in [0.2, 0.25) is 0 Å². The first-order valence-corrected chi connectivity index (χ1v) is 5.77. The molecule has 0 bridgehead atoms. The second kappa shape index (κ2) is 4.91. The molecule has 1 fully saturated rings. The Balaban J connectivity index is 2.14. The number of rotatable bonds is 2. The molecule has 1 nitrogen and oxygen atoms in total. The monoisotopic (exact) mass is 225 g/mol. The van der Waals surface area contributed by atoms with Gasteiger partial charge in [0.05, 0.1) is 0 Å². The van der Waals surface area contributed by atoms with Gasteiger partial charge in [0.2, 0.25) is 0 Å². The molecule has 1 N–H and O–H groups in total. The van der Waals surface area contributed by atoms with E-state index in [-0.39, 0.29) is 5.56 Å². The minimum absolute atomic E-state index is 0.116. The summed E-state index contributed by atoms with van der Waals surface area (Å²) in [4.78, 5) is 0. The van der Waals surface area contributed by atoms with Crippen LogP contribution >= 0.6 is 0 Å². The van der Waals surface area contributed by atoms with Crippen molar-refractivity contribution in [1.29, 1.82) is 0 Å². The van der Waals surface area contributed by atoms with Gasteiger partial charge in [-0.15, -0.1) is 0 Å². The molecule has 1 aromatic rings. The molecule has 0 saturated carbocycles. The van der Waals surface area contributed by atoms with E-state index in [1.54, 1.807) is 12.1 Å². The fourth-order valence-corrected chi connectivity index (χ4v) is 2.40. The molecule has 2 atom stereocenters. The Morgan fingerprint density at radius 1 is 1.25 bits per heavy atom. The predicted molar refractivity (Wildman–Crippen MR) is 60.8 cm³/mol. The average molecular weight is 225 g/mol. The standard InChI is InChI=1S/C13H17F2N/c1-9-8-16-7-6-12(9)10-2-4-11(5-3-10)13(14)15/h2-5,9,12-13,16H,6-8H2,1H3. The molecule has 1 aromatic carbocycles. The Labute approximate surface area is 94.9 Å². The molecule has 0 aliphatic carbocycles. The topological polar surface area (TPSA) is 12.0 Å². The second-order valence-corrected chi connectivity index (χ2v) is 4.54. The summed E-state index contributed by atoms with van der Waals surface area (Å²) in [6, 6.07) is 6.81. The first-order chi connectivity index (χ1) is 7.68. The van der Waals surface area contributed by atoms with E-state index >= 15 is 0 Å². The van der Waals surface area contributed by atoms with Crippen LogP contribution < -0.4 is 5.32 Å². The fraction of sp³-hybridized carbons (Fsp3) is 0.538. The number of benzene rings is 1. The van der Waals surface area contributed by atoms with Crippen LogP contribution in [0, 0.1) is 5.92 Å². The van der Waals surface area contributed by atoms with Crippen LogP contribution in [0.15, 0.2) is 24.3 Å². The Kier molecular flexibility index (Phi) is 3.54. The first-order valence-electron chi connectivity index (χ1n) is 5.77. The summed E-state index contributed by atoms with van der Waals surface area (Å²) < 4.78 is 24.8. The molecule has 2 rings (SSSR count). The lowest BCUT2D eigenvalue weighted by Crippen LogP contribution is -2.33. The molecule has 1 aliphatic rings. The molecule has 88 valence electrons. The summed E-state index contributed by atoms with van der Waals surface area (Å²) in [7, 11) is 0. The molecule has 0 aromatic heterocycles. The van der Waals surface area contributed by atoms with Crippen LogP contribution in [0.1, 0.15) is 36.8 Å². The molecule has 16 heavy (non-hydrogen) atoms. The SMILES string of the molecule is CC1CNCCC1c1ccc(C(F)F)cc1. The van der Waals surface area contributed by atoms with E-state index in [1.165, 1.54) is 5.56 Å². The van der Waals surface area contributed by atoms with Gasteiger partial charge in [0, 0.05) is 5.56 Å². The molecule has 0 amide bonds. The summed E-state index contributed by atoms with van der Waals surface area (Å²) in [6.45, 7) is 4.24. The molecular weight excluding hydrogens is 208 g/mol. The lowest BCUT2D eigenvalue weighted by molar-refractivity contribution is 0.151. The van der Waals surface area contributed by atoms with Crippen molar-refractivity contribution in [2.45, 2.75) is 25.7 Å². The van der Waals surface area contributed by atoms with Gasteiger partial charge in [0.1, 0.15) is 0 Å². The lowest BCUT2D eigenvalue weighted by atomic mass is 9.82. The Hall–Kier alpha value is -0.960. The van der Waals surface area contributed by atoms with Crippen LogP contribution in [0.3, 0.4) is 0 Å². The quantitative estimate of drug-likeness (QED) is 0.814. The zero-order valence-electron chi connectivity index (χ0n) is 9.42. The zero-order chi connectivity index (χ0) is 11.5. The van der Waals surface area contributed by atoms with Gasteiger partial charge in [-0.3, -0.25) is 0 Å². The summed E-state index contributed by atoms with van der Waals surface area (Å²) in [5, 5.41) is 3.34. The number of hydrogen-bond acceptors (Lipinski definition) is 1. The maximum atomic E-state index is 12.4. The largest absolute Gasteiger partial charge is 0.316 e. The smallest absolute Gasteiger partial charge is 0.263 e. The number of hydrogen-bond donors (Lipinski definition) is 1. The van der Waals surface area contributed by atoms with Gasteiger partial charge in [-0.05, 0) is 36.9 Å². The van der Waals surface area contributed by atoms with Crippen molar-refractivity contribution in [3.8, 4) is 0 Å². The van der Waals surface area contributed by atoms with E-state index in [2.05, 4.69) is 12.2 Å². The van der Waals surface area contributed by atoms with Gasteiger partial charge in [-0.25, -0.2) is 8.78 Å². The van der Waals surface area contributed by atoms with E-state index in [1.807, 2.05) is 12.1 Å². The molecule has 1 heterocycles. The zero-order valence-corrected chi connectivity index (χ0v) is 9.42. The lowest BCUT2D eigenvalue weighted by Gasteiger charge is -2.30. The summed E-state index contributed by atoms with van der Waals surface area (Å²) >= 11 is 0. The molecule has 0 spiro atoms. The third-order valence-electron chi connectivity index (χ3n) is 3.40. The van der Waals surface area contributed by atoms with Crippen molar-refractivity contribution in [3.63, 3.8) is 0 Å². The van der Waals surface area contributed by atoms with Crippen LogP contribution in [0.25, 0.3) is 0 Å². The second-order valence-electron chi connectivity index (χ2n) is 4.54. The van der Waals surface area contributed by atoms with Crippen molar-refractivity contribution in [2.24, 2.45) is 5.92 Å². The third-order valence-corrected chi connectivity index (χ3v) is 3.40. The first kappa shape index (κ1) is 11.5. The van der Waals surface area contributed by atoms with Gasteiger partial charge in [-0.1, -0.05) is 31.2 Å². The minimum atomic E-state index is -2.36. The summed E-state index contributed by atoms with van der Waals surface area (Å²) in [6.07, 6.45) is -1.27. The normalized spacial score (nSPS) is 26.0. The summed E-state index contributed by atoms with van der Waals surface area (Å²) in [5.74, 6) is 1.08. The predicted octanol–water partition coefficient (Wildman–Crippen LogP) is 3.34. The van der Waals surface area contributed by atoms with Gasteiger partial charge in [-0.2, -0.15) is 0 Å². The highest BCUT2D eigenvalue weighted by molar-refractivity contribution is 5.27. The van der Waals surface area contributed by atoms with E-state index in [4.69, 9.17) is 0 Å². The highest BCUT2D eigenvalue weighted by atomic mass is 19.3. The van der Waals surface area contributed by atoms with E-state index in [9.17, 15) is 8.78 Å². The van der Waals surface area contributed by atoms with Crippen LogP contribution in [-0.2, 0) is 0 Å². The van der Waals surface area contributed by atoms with E-state index in [0.29, 0.717) is 11.8 Å². The Morgan fingerprint density at radius 2 is 1.94 bits per heavy atom. The van der Waals surface area contributed by atoms with Crippen molar-refractivity contribution < 1.29 is 8.78 Å². The van der Waals surface area contributed by atoms with E-state index < -0.39 is 6.43 Å². The maximum Gasteiger partial charge on any atom is 0.263 e. The molecule has 3 heteroatoms. The van der Waals surface area contributed by atoms with Crippen molar-refractivity contribution in [1.82, 2.24) is 5.32 Å². The van der Waals surface area contributed by atoms with Gasteiger partial charge in [0.25, 0.3) is 6.43 Å². The van der Waals surface area contributed by atoms with Crippen LogP contribution in [0.5, 0.6) is 0 Å². The van der Waals surface area contributed by atoms with Gasteiger partial charge >= 0.3 is 0 Å².